The molecule has 2 heterocycles. The molecular formula is C22H31N5. The normalized spacial score (nSPS) is 15.6. The molecule has 0 unspecified atom stereocenters. The van der Waals surface area contributed by atoms with Gasteiger partial charge < -0.3 is 15.5 Å². The van der Waals surface area contributed by atoms with Gasteiger partial charge in [0.25, 0.3) is 0 Å². The van der Waals surface area contributed by atoms with Crippen LogP contribution in [-0.4, -0.2) is 37.6 Å². The minimum atomic E-state index is 0.718. The first-order chi connectivity index (χ1) is 13.2. The average molecular weight is 366 g/mol. The molecule has 0 spiro atoms. The van der Waals surface area contributed by atoms with Crippen molar-refractivity contribution < 1.29 is 0 Å². The van der Waals surface area contributed by atoms with E-state index in [1.807, 2.05) is 12.3 Å². The maximum absolute atomic E-state index is 4.66. The Kier molecular flexibility index (Phi) is 7.08. The van der Waals surface area contributed by atoms with Gasteiger partial charge in [-0.1, -0.05) is 43.3 Å². The Hall–Kier alpha value is -2.56. The predicted octanol–water partition coefficient (Wildman–Crippen LogP) is 3.23. The lowest BCUT2D eigenvalue weighted by Crippen LogP contribution is -2.38. The standard InChI is InChI=1S/C22H31N5/c1-18-11-14-27(15-12-18)21-9-8-20(16-25-21)17-26-22(23-2)24-13-10-19-6-4-3-5-7-19/h3-9,16,18H,10-15,17H2,1-2H3,(H2,23,24,26). The number of anilines is 1. The van der Waals surface area contributed by atoms with Gasteiger partial charge in [0.1, 0.15) is 5.82 Å². The van der Waals surface area contributed by atoms with E-state index in [1.54, 1.807) is 7.05 Å². The van der Waals surface area contributed by atoms with Crippen LogP contribution in [0.2, 0.25) is 0 Å². The second kappa shape index (κ2) is 9.95. The lowest BCUT2D eigenvalue weighted by molar-refractivity contribution is 0.436. The monoisotopic (exact) mass is 365 g/mol. The van der Waals surface area contributed by atoms with E-state index < -0.39 is 0 Å². The molecule has 0 aliphatic carbocycles. The Labute approximate surface area is 162 Å². The van der Waals surface area contributed by atoms with Crippen molar-refractivity contribution in [1.29, 1.82) is 0 Å². The molecule has 0 amide bonds. The van der Waals surface area contributed by atoms with Gasteiger partial charge in [0.2, 0.25) is 0 Å². The van der Waals surface area contributed by atoms with Crippen LogP contribution in [0.15, 0.2) is 53.7 Å². The number of aromatic nitrogens is 1. The van der Waals surface area contributed by atoms with Crippen molar-refractivity contribution in [3.05, 3.63) is 59.8 Å². The summed E-state index contributed by atoms with van der Waals surface area (Å²) in [5.41, 5.74) is 2.49. The zero-order valence-electron chi connectivity index (χ0n) is 16.5. The van der Waals surface area contributed by atoms with Crippen LogP contribution in [0, 0.1) is 5.92 Å². The minimum absolute atomic E-state index is 0.718. The smallest absolute Gasteiger partial charge is 0.191 e. The second-order valence-electron chi connectivity index (χ2n) is 7.28. The topological polar surface area (TPSA) is 52.6 Å². The lowest BCUT2D eigenvalue weighted by atomic mass is 9.99. The van der Waals surface area contributed by atoms with Gasteiger partial charge in [0.15, 0.2) is 5.96 Å². The SMILES string of the molecule is CN=C(NCCc1ccccc1)NCc1ccc(N2CCC(C)CC2)nc1. The van der Waals surface area contributed by atoms with Gasteiger partial charge in [-0.15, -0.1) is 0 Å². The summed E-state index contributed by atoms with van der Waals surface area (Å²) in [6.45, 7) is 6.14. The Bertz CT molecular complexity index is 703. The number of benzene rings is 1. The van der Waals surface area contributed by atoms with E-state index in [4.69, 9.17) is 0 Å². The van der Waals surface area contributed by atoms with E-state index in [0.29, 0.717) is 0 Å². The highest BCUT2D eigenvalue weighted by atomic mass is 15.2. The third-order valence-electron chi connectivity index (χ3n) is 5.15. The number of pyridine rings is 1. The van der Waals surface area contributed by atoms with Crippen molar-refractivity contribution in [1.82, 2.24) is 15.6 Å². The van der Waals surface area contributed by atoms with E-state index in [2.05, 4.69) is 68.8 Å². The summed E-state index contributed by atoms with van der Waals surface area (Å²) >= 11 is 0. The maximum atomic E-state index is 4.66. The fraction of sp³-hybridized carbons (Fsp3) is 0.455. The summed E-state index contributed by atoms with van der Waals surface area (Å²) in [6.07, 6.45) is 5.47. The van der Waals surface area contributed by atoms with Gasteiger partial charge >= 0.3 is 0 Å². The van der Waals surface area contributed by atoms with Crippen LogP contribution in [0.4, 0.5) is 5.82 Å². The van der Waals surface area contributed by atoms with E-state index in [-0.39, 0.29) is 0 Å². The summed E-state index contributed by atoms with van der Waals surface area (Å²) in [4.78, 5) is 11.3. The number of hydrogen-bond donors (Lipinski definition) is 2. The Balaban J connectivity index is 1.42. The summed E-state index contributed by atoms with van der Waals surface area (Å²) in [5, 5.41) is 6.73. The number of nitrogens with zero attached hydrogens (tertiary/aromatic N) is 3. The van der Waals surface area contributed by atoms with Crippen LogP contribution >= 0.6 is 0 Å². The molecule has 144 valence electrons. The molecule has 1 aliphatic rings. The van der Waals surface area contributed by atoms with Crippen LogP contribution in [0.3, 0.4) is 0 Å². The van der Waals surface area contributed by atoms with Gasteiger partial charge in [-0.3, -0.25) is 4.99 Å². The zero-order valence-corrected chi connectivity index (χ0v) is 16.5. The average Bonchev–Trinajstić information content (AvgIpc) is 2.72. The molecule has 2 N–H and O–H groups in total. The Morgan fingerprint density at radius 2 is 1.85 bits per heavy atom. The molecule has 2 aromatic rings. The van der Waals surface area contributed by atoms with Crippen molar-refractivity contribution in [3.63, 3.8) is 0 Å². The quantitative estimate of drug-likeness (QED) is 0.610. The molecule has 0 saturated carbocycles. The molecule has 5 heteroatoms. The minimum Gasteiger partial charge on any atom is -0.357 e. The predicted molar refractivity (Wildman–Crippen MR) is 113 cm³/mol. The first-order valence-corrected chi connectivity index (χ1v) is 9.93. The highest BCUT2D eigenvalue weighted by molar-refractivity contribution is 5.79. The molecule has 0 radical (unpaired) electrons. The van der Waals surface area contributed by atoms with Crippen molar-refractivity contribution in [2.75, 3.05) is 31.6 Å². The molecule has 27 heavy (non-hydrogen) atoms. The van der Waals surface area contributed by atoms with Crippen molar-refractivity contribution in [3.8, 4) is 0 Å². The maximum Gasteiger partial charge on any atom is 0.191 e. The highest BCUT2D eigenvalue weighted by Crippen LogP contribution is 2.21. The van der Waals surface area contributed by atoms with Crippen molar-refractivity contribution in [2.45, 2.75) is 32.7 Å². The number of hydrogen-bond acceptors (Lipinski definition) is 3. The third kappa shape index (κ3) is 5.98. The molecule has 1 aliphatic heterocycles. The second-order valence-corrected chi connectivity index (χ2v) is 7.28. The van der Waals surface area contributed by atoms with Crippen LogP contribution in [0.1, 0.15) is 30.9 Å². The third-order valence-corrected chi connectivity index (χ3v) is 5.15. The largest absolute Gasteiger partial charge is 0.357 e. The number of nitrogens with one attached hydrogen (secondary N) is 2. The van der Waals surface area contributed by atoms with Crippen LogP contribution in [0.5, 0.6) is 0 Å². The summed E-state index contributed by atoms with van der Waals surface area (Å²) in [7, 11) is 1.80. The molecule has 0 bridgehead atoms. The van der Waals surface area contributed by atoms with Gasteiger partial charge in [0.05, 0.1) is 0 Å². The van der Waals surface area contributed by atoms with Crippen LogP contribution in [0.25, 0.3) is 0 Å². The van der Waals surface area contributed by atoms with E-state index in [9.17, 15) is 0 Å². The molecular weight excluding hydrogens is 334 g/mol. The first kappa shape index (κ1) is 19.2. The van der Waals surface area contributed by atoms with Crippen LogP contribution in [-0.2, 0) is 13.0 Å². The summed E-state index contributed by atoms with van der Waals surface area (Å²) in [5.74, 6) is 2.75. The number of rotatable bonds is 6. The number of guanidine groups is 1. The molecule has 1 aromatic carbocycles. The molecule has 1 saturated heterocycles. The van der Waals surface area contributed by atoms with Crippen LogP contribution < -0.4 is 15.5 Å². The number of piperidine rings is 1. The number of aliphatic imine (C=N–C) groups is 1. The van der Waals surface area contributed by atoms with E-state index >= 15 is 0 Å². The van der Waals surface area contributed by atoms with Gasteiger partial charge in [-0.05, 0) is 42.4 Å². The van der Waals surface area contributed by atoms with E-state index in [0.717, 1.165) is 55.9 Å². The molecule has 3 rings (SSSR count). The fourth-order valence-electron chi connectivity index (χ4n) is 3.32. The lowest BCUT2D eigenvalue weighted by Gasteiger charge is -2.31. The fourth-order valence-corrected chi connectivity index (χ4v) is 3.32. The van der Waals surface area contributed by atoms with Gasteiger partial charge in [-0.25, -0.2) is 4.98 Å². The summed E-state index contributed by atoms with van der Waals surface area (Å²) in [6, 6.07) is 14.8. The zero-order chi connectivity index (χ0) is 18.9. The first-order valence-electron chi connectivity index (χ1n) is 9.93. The van der Waals surface area contributed by atoms with Crippen molar-refractivity contribution >= 4 is 11.8 Å². The van der Waals surface area contributed by atoms with Crippen molar-refractivity contribution in [2.24, 2.45) is 10.9 Å². The summed E-state index contributed by atoms with van der Waals surface area (Å²) < 4.78 is 0. The van der Waals surface area contributed by atoms with E-state index in [1.165, 1.54) is 18.4 Å². The molecule has 5 nitrogen and oxygen atoms in total. The molecule has 1 fully saturated rings. The molecule has 0 atom stereocenters. The molecule has 1 aromatic heterocycles. The Morgan fingerprint density at radius 3 is 2.52 bits per heavy atom. The Morgan fingerprint density at radius 1 is 1.07 bits per heavy atom. The van der Waals surface area contributed by atoms with Gasteiger partial charge in [0, 0.05) is 39.4 Å². The highest BCUT2D eigenvalue weighted by Gasteiger charge is 2.16. The van der Waals surface area contributed by atoms with Gasteiger partial charge in [-0.2, -0.15) is 0 Å².